The van der Waals surface area contributed by atoms with Crippen LogP contribution in [0.1, 0.15) is 10.4 Å². The fraction of sp³-hybridized carbons (Fsp3) is 0. The Morgan fingerprint density at radius 1 is 1.05 bits per heavy atom. The van der Waals surface area contributed by atoms with Gasteiger partial charge in [-0.1, -0.05) is 6.07 Å². The fourth-order valence-corrected chi connectivity index (χ4v) is 1.71. The largest absolute Gasteiger partial charge is 0.478 e. The van der Waals surface area contributed by atoms with Crippen molar-refractivity contribution < 1.29 is 28.2 Å². The molecule has 0 aliphatic carbocycles. The van der Waals surface area contributed by atoms with E-state index in [4.69, 9.17) is 5.11 Å². The van der Waals surface area contributed by atoms with E-state index in [0.29, 0.717) is 0 Å². The number of aromatic carboxylic acids is 1. The van der Waals surface area contributed by atoms with E-state index in [1.165, 1.54) is 24.3 Å². The minimum atomic E-state index is -1.27. The molecule has 0 saturated carbocycles. The average molecular weight is 278 g/mol. The molecule has 0 atom stereocenters. The molecule has 2 aromatic carbocycles. The summed E-state index contributed by atoms with van der Waals surface area (Å²) >= 11 is 0. The lowest BCUT2D eigenvalue weighted by Crippen LogP contribution is -1.98. The highest BCUT2D eigenvalue weighted by atomic mass is 19.1. The molecule has 0 saturated heterocycles. The smallest absolute Gasteiger partial charge is 0.335 e. The van der Waals surface area contributed by atoms with Gasteiger partial charge in [0.15, 0.2) is 0 Å². The summed E-state index contributed by atoms with van der Waals surface area (Å²) in [7, 11) is 0. The van der Waals surface area contributed by atoms with E-state index in [2.05, 4.69) is 4.74 Å². The van der Waals surface area contributed by atoms with E-state index in [9.17, 15) is 18.4 Å². The van der Waals surface area contributed by atoms with Crippen molar-refractivity contribution in [3.05, 3.63) is 53.6 Å². The number of hydrogen-bond donors (Lipinski definition) is 1. The number of halogens is 2. The Balaban J connectivity index is 2.46. The minimum absolute atomic E-state index is 0.0104. The lowest BCUT2D eigenvalue weighted by molar-refractivity contribution is -0.120. The third-order valence-electron chi connectivity index (χ3n) is 2.63. The first-order valence-corrected chi connectivity index (χ1v) is 5.46. The van der Waals surface area contributed by atoms with Gasteiger partial charge in [-0.2, -0.15) is 0 Å². The summed E-state index contributed by atoms with van der Waals surface area (Å²) in [4.78, 5) is 20.8. The third-order valence-corrected chi connectivity index (χ3v) is 2.63. The van der Waals surface area contributed by atoms with Crippen LogP contribution in [0.2, 0.25) is 0 Å². The molecule has 1 N–H and O–H groups in total. The summed E-state index contributed by atoms with van der Waals surface area (Å²) in [6.45, 7) is 0.149. The van der Waals surface area contributed by atoms with Gasteiger partial charge in [-0.25, -0.2) is 13.6 Å². The molecule has 0 amide bonds. The monoisotopic (exact) mass is 278 g/mol. The van der Waals surface area contributed by atoms with Crippen molar-refractivity contribution in [2.75, 3.05) is 0 Å². The Morgan fingerprint density at radius 2 is 1.65 bits per heavy atom. The zero-order chi connectivity index (χ0) is 14.7. The predicted molar refractivity (Wildman–Crippen MR) is 65.4 cm³/mol. The van der Waals surface area contributed by atoms with Gasteiger partial charge in [0.2, 0.25) is 0 Å². The van der Waals surface area contributed by atoms with Gasteiger partial charge in [0.1, 0.15) is 17.4 Å². The van der Waals surface area contributed by atoms with Crippen molar-refractivity contribution in [2.24, 2.45) is 0 Å². The van der Waals surface area contributed by atoms with Crippen LogP contribution in [0.15, 0.2) is 36.4 Å². The van der Waals surface area contributed by atoms with Gasteiger partial charge in [-0.15, -0.1) is 0 Å². The Morgan fingerprint density at radius 3 is 2.15 bits per heavy atom. The first-order valence-electron chi connectivity index (χ1n) is 5.46. The van der Waals surface area contributed by atoms with Crippen LogP contribution >= 0.6 is 0 Å². The number of carbonyl (C=O) groups excluding carboxylic acids is 1. The zero-order valence-corrected chi connectivity index (χ0v) is 9.97. The number of carbonyl (C=O) groups is 2. The van der Waals surface area contributed by atoms with Crippen molar-refractivity contribution in [3.8, 4) is 16.9 Å². The average Bonchev–Trinajstić information content (AvgIpc) is 2.40. The van der Waals surface area contributed by atoms with Crippen molar-refractivity contribution in [1.29, 1.82) is 0 Å². The number of hydrogen-bond acceptors (Lipinski definition) is 3. The topological polar surface area (TPSA) is 63.6 Å². The molecule has 102 valence electrons. The highest BCUT2D eigenvalue weighted by Crippen LogP contribution is 2.28. The summed E-state index contributed by atoms with van der Waals surface area (Å²) in [5.41, 5.74) is -0.365. The number of ether oxygens (including phenoxy) is 1. The Kier molecular flexibility index (Phi) is 3.74. The van der Waals surface area contributed by atoms with Crippen molar-refractivity contribution >= 4 is 12.4 Å². The molecule has 6 heteroatoms. The van der Waals surface area contributed by atoms with E-state index in [0.717, 1.165) is 12.1 Å². The second-order valence-corrected chi connectivity index (χ2v) is 3.86. The molecular weight excluding hydrogens is 270 g/mol. The second kappa shape index (κ2) is 5.48. The molecule has 0 heterocycles. The van der Waals surface area contributed by atoms with E-state index >= 15 is 0 Å². The Labute approximate surface area is 112 Å². The van der Waals surface area contributed by atoms with Crippen LogP contribution in [0.25, 0.3) is 11.1 Å². The van der Waals surface area contributed by atoms with E-state index in [-0.39, 0.29) is 28.9 Å². The van der Waals surface area contributed by atoms with Gasteiger partial charge >= 0.3 is 5.97 Å². The molecule has 0 aliphatic rings. The molecular formula is C14H8F2O4. The molecule has 0 spiro atoms. The van der Waals surface area contributed by atoms with E-state index in [1.807, 2.05) is 0 Å². The van der Waals surface area contributed by atoms with Gasteiger partial charge in [-0.05, 0) is 24.3 Å². The molecule has 2 rings (SSSR count). The van der Waals surface area contributed by atoms with Crippen LogP contribution in [0.4, 0.5) is 8.78 Å². The normalized spacial score (nSPS) is 10.1. The van der Waals surface area contributed by atoms with Crippen LogP contribution in [0, 0.1) is 11.6 Å². The molecule has 20 heavy (non-hydrogen) atoms. The van der Waals surface area contributed by atoms with Gasteiger partial charge in [0, 0.05) is 17.2 Å². The molecule has 0 bridgehead atoms. The molecule has 0 aromatic heterocycles. The highest BCUT2D eigenvalue weighted by molar-refractivity contribution is 5.88. The van der Waals surface area contributed by atoms with Crippen molar-refractivity contribution in [1.82, 2.24) is 0 Å². The fourth-order valence-electron chi connectivity index (χ4n) is 1.71. The molecule has 2 aromatic rings. The molecule has 0 radical (unpaired) electrons. The zero-order valence-electron chi connectivity index (χ0n) is 9.97. The molecule has 0 unspecified atom stereocenters. The first-order chi connectivity index (χ1) is 9.52. The maximum absolute atomic E-state index is 13.8. The predicted octanol–water partition coefficient (Wildman–Crippen LogP) is 2.87. The Bertz CT molecular complexity index is 683. The SMILES string of the molecule is O=COc1ccc(-c2ccc(C(=O)O)cc2F)c(F)c1. The standard InChI is InChI=1S/C14H8F2O4/c15-12-5-8(14(18)19)1-3-10(12)11-4-2-9(20-7-17)6-13(11)16/h1-7H,(H,18,19). The summed E-state index contributed by atoms with van der Waals surface area (Å²) in [5, 5.41) is 8.73. The van der Waals surface area contributed by atoms with Crippen LogP contribution < -0.4 is 4.74 Å². The Hall–Kier alpha value is -2.76. The van der Waals surface area contributed by atoms with Crippen LogP contribution in [-0.4, -0.2) is 17.5 Å². The van der Waals surface area contributed by atoms with Crippen molar-refractivity contribution in [2.45, 2.75) is 0 Å². The maximum atomic E-state index is 13.8. The van der Waals surface area contributed by atoms with Gasteiger partial charge in [0.05, 0.1) is 5.56 Å². The summed E-state index contributed by atoms with van der Waals surface area (Å²) in [5.74, 6) is -2.92. The van der Waals surface area contributed by atoms with Gasteiger partial charge in [0.25, 0.3) is 6.47 Å². The van der Waals surface area contributed by atoms with Crippen LogP contribution in [-0.2, 0) is 4.79 Å². The molecule has 0 aliphatic heterocycles. The van der Waals surface area contributed by atoms with Crippen LogP contribution in [0.5, 0.6) is 5.75 Å². The summed E-state index contributed by atoms with van der Waals surface area (Å²) in [6.07, 6.45) is 0. The number of carboxylic acid groups (broad SMARTS) is 1. The number of rotatable bonds is 4. The number of carboxylic acids is 1. The lowest BCUT2D eigenvalue weighted by atomic mass is 10.0. The maximum Gasteiger partial charge on any atom is 0.335 e. The summed E-state index contributed by atoms with van der Waals surface area (Å²) < 4.78 is 32.1. The number of benzene rings is 2. The summed E-state index contributed by atoms with van der Waals surface area (Å²) in [6, 6.07) is 6.65. The molecule has 4 nitrogen and oxygen atoms in total. The molecule has 0 fully saturated rings. The highest BCUT2D eigenvalue weighted by Gasteiger charge is 2.13. The first kappa shape index (κ1) is 13.7. The van der Waals surface area contributed by atoms with E-state index in [1.54, 1.807) is 0 Å². The van der Waals surface area contributed by atoms with Gasteiger partial charge in [-0.3, -0.25) is 4.79 Å². The van der Waals surface area contributed by atoms with Crippen molar-refractivity contribution in [3.63, 3.8) is 0 Å². The lowest BCUT2D eigenvalue weighted by Gasteiger charge is -2.07. The van der Waals surface area contributed by atoms with Crippen LogP contribution in [0.3, 0.4) is 0 Å². The third kappa shape index (κ3) is 2.64. The van der Waals surface area contributed by atoms with Gasteiger partial charge < -0.3 is 9.84 Å². The van der Waals surface area contributed by atoms with E-state index < -0.39 is 17.6 Å². The quantitative estimate of drug-likeness (QED) is 0.873. The minimum Gasteiger partial charge on any atom is -0.478 e. The second-order valence-electron chi connectivity index (χ2n) is 3.86.